The van der Waals surface area contributed by atoms with Crippen LogP contribution in [0.25, 0.3) is 11.5 Å². The Hall–Kier alpha value is -3.15. The van der Waals surface area contributed by atoms with Gasteiger partial charge in [-0.1, -0.05) is 36.4 Å². The summed E-state index contributed by atoms with van der Waals surface area (Å²) in [4.78, 5) is 11.9. The van der Waals surface area contributed by atoms with Crippen LogP contribution in [0.2, 0.25) is 0 Å². The number of hydrogen-bond donors (Lipinski definition) is 1. The Kier molecular flexibility index (Phi) is 5.98. The molecular formula is C20H21N3O3. The summed E-state index contributed by atoms with van der Waals surface area (Å²) in [5.41, 5.74) is 1.96. The lowest BCUT2D eigenvalue weighted by Gasteiger charge is -2.06. The Morgan fingerprint density at radius 3 is 2.65 bits per heavy atom. The van der Waals surface area contributed by atoms with Crippen LogP contribution in [0.4, 0.5) is 0 Å². The fourth-order valence-corrected chi connectivity index (χ4v) is 2.45. The first-order chi connectivity index (χ1) is 12.7. The molecule has 2 aromatic carbocycles. The van der Waals surface area contributed by atoms with Crippen LogP contribution < -0.4 is 10.1 Å². The van der Waals surface area contributed by atoms with Crippen molar-refractivity contribution in [3.05, 3.63) is 66.1 Å². The molecule has 3 aromatic rings. The molecule has 0 spiro atoms. The largest absolute Gasteiger partial charge is 0.494 e. The molecule has 1 aromatic heterocycles. The van der Waals surface area contributed by atoms with Gasteiger partial charge in [0.2, 0.25) is 17.7 Å². The molecular weight excluding hydrogens is 330 g/mol. The number of carbonyl (C=O) groups is 1. The second-order valence-electron chi connectivity index (χ2n) is 5.86. The maximum atomic E-state index is 11.9. The number of rotatable bonds is 8. The zero-order valence-electron chi connectivity index (χ0n) is 14.6. The van der Waals surface area contributed by atoms with Crippen LogP contribution in [-0.2, 0) is 11.3 Å². The number of aromatic nitrogens is 2. The maximum Gasteiger partial charge on any atom is 0.248 e. The predicted octanol–water partition coefficient (Wildman–Crippen LogP) is 3.52. The van der Waals surface area contributed by atoms with E-state index < -0.39 is 0 Å². The number of benzene rings is 2. The molecule has 6 heteroatoms. The first-order valence-electron chi connectivity index (χ1n) is 8.55. The van der Waals surface area contributed by atoms with E-state index >= 15 is 0 Å². The molecule has 0 bridgehead atoms. The normalized spacial score (nSPS) is 10.5. The highest BCUT2D eigenvalue weighted by Gasteiger charge is 2.11. The monoisotopic (exact) mass is 351 g/mol. The molecule has 134 valence electrons. The summed E-state index contributed by atoms with van der Waals surface area (Å²) in [5, 5.41) is 10.8. The van der Waals surface area contributed by atoms with E-state index in [1.807, 2.05) is 61.5 Å². The summed E-state index contributed by atoms with van der Waals surface area (Å²) >= 11 is 0. The van der Waals surface area contributed by atoms with Gasteiger partial charge in [0.25, 0.3) is 0 Å². The molecule has 1 heterocycles. The van der Waals surface area contributed by atoms with Gasteiger partial charge in [0.05, 0.1) is 13.2 Å². The summed E-state index contributed by atoms with van der Waals surface area (Å²) < 4.78 is 11.2. The fraction of sp³-hybridized carbons (Fsp3) is 0.250. The van der Waals surface area contributed by atoms with Gasteiger partial charge in [-0.05, 0) is 37.1 Å². The second kappa shape index (κ2) is 8.80. The Morgan fingerprint density at radius 2 is 1.85 bits per heavy atom. The van der Waals surface area contributed by atoms with E-state index in [-0.39, 0.29) is 12.5 Å². The number of nitrogens with one attached hydrogen (secondary N) is 1. The maximum absolute atomic E-state index is 11.9. The Bertz CT molecular complexity index is 846. The van der Waals surface area contributed by atoms with Crippen LogP contribution >= 0.6 is 0 Å². The molecule has 0 unspecified atom stereocenters. The van der Waals surface area contributed by atoms with Crippen molar-refractivity contribution in [2.24, 2.45) is 0 Å². The molecule has 0 fully saturated rings. The van der Waals surface area contributed by atoms with Crippen molar-refractivity contribution in [3.63, 3.8) is 0 Å². The van der Waals surface area contributed by atoms with Gasteiger partial charge in [-0.2, -0.15) is 0 Å². The van der Waals surface area contributed by atoms with Gasteiger partial charge in [0, 0.05) is 12.0 Å². The van der Waals surface area contributed by atoms with E-state index in [4.69, 9.17) is 9.15 Å². The van der Waals surface area contributed by atoms with Gasteiger partial charge >= 0.3 is 0 Å². The molecule has 0 saturated heterocycles. The van der Waals surface area contributed by atoms with Crippen molar-refractivity contribution < 1.29 is 13.9 Å². The number of para-hydroxylation sites is 1. The molecule has 0 radical (unpaired) electrons. The number of ether oxygens (including phenoxy) is 1. The number of amides is 1. The number of aryl methyl sites for hydroxylation is 1. The van der Waals surface area contributed by atoms with E-state index in [0.717, 1.165) is 16.9 Å². The van der Waals surface area contributed by atoms with Crippen molar-refractivity contribution in [2.75, 3.05) is 6.61 Å². The third kappa shape index (κ3) is 4.92. The third-order valence-corrected chi connectivity index (χ3v) is 3.84. The second-order valence-corrected chi connectivity index (χ2v) is 5.86. The SMILES string of the molecule is Cc1ccccc1-c1nnc(CNC(=O)CCCOc2ccccc2)o1. The molecule has 0 aliphatic rings. The zero-order valence-corrected chi connectivity index (χ0v) is 14.6. The summed E-state index contributed by atoms with van der Waals surface area (Å²) in [6.07, 6.45) is 1.02. The first-order valence-corrected chi connectivity index (χ1v) is 8.55. The summed E-state index contributed by atoms with van der Waals surface area (Å²) in [6.45, 7) is 2.70. The molecule has 3 rings (SSSR count). The van der Waals surface area contributed by atoms with Crippen LogP contribution in [0.5, 0.6) is 5.75 Å². The van der Waals surface area contributed by atoms with Crippen molar-refractivity contribution in [3.8, 4) is 17.2 Å². The molecule has 0 saturated carbocycles. The molecule has 1 amide bonds. The van der Waals surface area contributed by atoms with E-state index in [0.29, 0.717) is 31.2 Å². The average molecular weight is 351 g/mol. The third-order valence-electron chi connectivity index (χ3n) is 3.84. The van der Waals surface area contributed by atoms with E-state index in [1.165, 1.54) is 0 Å². The number of hydrogen-bond acceptors (Lipinski definition) is 5. The Morgan fingerprint density at radius 1 is 1.08 bits per heavy atom. The molecule has 0 aliphatic carbocycles. The molecule has 26 heavy (non-hydrogen) atoms. The highest BCUT2D eigenvalue weighted by Crippen LogP contribution is 2.21. The predicted molar refractivity (Wildman–Crippen MR) is 97.5 cm³/mol. The Labute approximate surface area is 152 Å². The summed E-state index contributed by atoms with van der Waals surface area (Å²) in [6, 6.07) is 17.3. The quantitative estimate of drug-likeness (QED) is 0.628. The topological polar surface area (TPSA) is 77.2 Å². The smallest absolute Gasteiger partial charge is 0.248 e. The Balaban J connectivity index is 1.40. The minimum Gasteiger partial charge on any atom is -0.494 e. The van der Waals surface area contributed by atoms with Crippen LogP contribution in [0.1, 0.15) is 24.3 Å². The summed E-state index contributed by atoms with van der Waals surface area (Å²) in [5.74, 6) is 1.58. The van der Waals surface area contributed by atoms with Gasteiger partial charge in [0.15, 0.2) is 0 Å². The van der Waals surface area contributed by atoms with Crippen LogP contribution in [0, 0.1) is 6.92 Å². The number of nitrogens with zero attached hydrogens (tertiary/aromatic N) is 2. The van der Waals surface area contributed by atoms with Crippen molar-refractivity contribution >= 4 is 5.91 Å². The highest BCUT2D eigenvalue weighted by molar-refractivity contribution is 5.75. The highest BCUT2D eigenvalue weighted by atomic mass is 16.5. The lowest BCUT2D eigenvalue weighted by molar-refractivity contribution is -0.121. The lowest BCUT2D eigenvalue weighted by atomic mass is 10.1. The average Bonchev–Trinajstić information content (AvgIpc) is 3.13. The minimum absolute atomic E-state index is 0.0719. The van der Waals surface area contributed by atoms with Gasteiger partial charge in [-0.25, -0.2) is 0 Å². The molecule has 1 N–H and O–H groups in total. The van der Waals surface area contributed by atoms with Gasteiger partial charge in [-0.15, -0.1) is 10.2 Å². The fourth-order valence-electron chi connectivity index (χ4n) is 2.45. The van der Waals surface area contributed by atoms with Crippen LogP contribution in [-0.4, -0.2) is 22.7 Å². The first kappa shape index (κ1) is 17.7. The summed E-state index contributed by atoms with van der Waals surface area (Å²) in [7, 11) is 0. The van der Waals surface area contributed by atoms with Crippen molar-refractivity contribution in [1.29, 1.82) is 0 Å². The molecule has 0 aliphatic heterocycles. The number of carbonyl (C=O) groups excluding carboxylic acids is 1. The van der Waals surface area contributed by atoms with Crippen LogP contribution in [0.15, 0.2) is 59.0 Å². The van der Waals surface area contributed by atoms with E-state index in [9.17, 15) is 4.79 Å². The van der Waals surface area contributed by atoms with E-state index in [2.05, 4.69) is 15.5 Å². The lowest BCUT2D eigenvalue weighted by Crippen LogP contribution is -2.23. The standard InChI is InChI=1S/C20H21N3O3/c1-15-8-5-6-11-17(15)20-23-22-19(26-20)14-21-18(24)12-7-13-25-16-9-3-2-4-10-16/h2-6,8-11H,7,12-14H2,1H3,(H,21,24). The van der Waals surface area contributed by atoms with Crippen molar-refractivity contribution in [1.82, 2.24) is 15.5 Å². The van der Waals surface area contributed by atoms with Crippen molar-refractivity contribution in [2.45, 2.75) is 26.3 Å². The van der Waals surface area contributed by atoms with Gasteiger partial charge in [0.1, 0.15) is 5.75 Å². The molecule has 6 nitrogen and oxygen atoms in total. The van der Waals surface area contributed by atoms with Gasteiger partial charge < -0.3 is 14.5 Å². The molecule has 0 atom stereocenters. The minimum atomic E-state index is -0.0719. The van der Waals surface area contributed by atoms with Crippen LogP contribution in [0.3, 0.4) is 0 Å². The van der Waals surface area contributed by atoms with Gasteiger partial charge in [-0.3, -0.25) is 4.79 Å². The zero-order chi connectivity index (χ0) is 18.2. The van der Waals surface area contributed by atoms with E-state index in [1.54, 1.807) is 0 Å².